The van der Waals surface area contributed by atoms with Crippen molar-refractivity contribution in [3.8, 4) is 6.07 Å². The predicted octanol–water partition coefficient (Wildman–Crippen LogP) is 1.06. The van der Waals surface area contributed by atoms with Crippen LogP contribution in [0.4, 0.5) is 14.5 Å². The van der Waals surface area contributed by atoms with E-state index in [-0.39, 0.29) is 12.1 Å². The second-order valence-electron chi connectivity index (χ2n) is 3.46. The van der Waals surface area contributed by atoms with Crippen molar-refractivity contribution in [2.24, 2.45) is 0 Å². The number of nitro groups is 1. The van der Waals surface area contributed by atoms with Gasteiger partial charge in [0.05, 0.1) is 11.0 Å². The number of nitriles is 1. The number of benzene rings is 1. The van der Waals surface area contributed by atoms with Crippen LogP contribution in [0.2, 0.25) is 0 Å². The lowest BCUT2D eigenvalue weighted by Crippen LogP contribution is -2.32. The smallest absolute Gasteiger partial charge is 0.258 e. The monoisotopic (exact) mass is 291 g/mol. The van der Waals surface area contributed by atoms with Gasteiger partial charge in [0.2, 0.25) is 15.8 Å². The van der Waals surface area contributed by atoms with Gasteiger partial charge < -0.3 is 0 Å². The lowest BCUT2D eigenvalue weighted by molar-refractivity contribution is -0.387. The molecule has 0 saturated carbocycles. The van der Waals surface area contributed by atoms with Crippen molar-refractivity contribution in [2.75, 3.05) is 0 Å². The van der Waals surface area contributed by atoms with E-state index in [0.717, 1.165) is 0 Å². The molecule has 102 valence electrons. The molecule has 1 N–H and O–H groups in total. The van der Waals surface area contributed by atoms with E-state index in [1.807, 2.05) is 0 Å². The maximum atomic E-state index is 13.4. The summed E-state index contributed by atoms with van der Waals surface area (Å²) in [4.78, 5) is 8.19. The summed E-state index contributed by atoms with van der Waals surface area (Å²) in [5.74, 6) is -2.98. The molecule has 1 unspecified atom stereocenters. The van der Waals surface area contributed by atoms with Gasteiger partial charge in [0.1, 0.15) is 16.8 Å². The summed E-state index contributed by atoms with van der Waals surface area (Å²) >= 11 is 0. The Morgan fingerprint density at radius 1 is 1.42 bits per heavy atom. The topological polar surface area (TPSA) is 113 Å². The van der Waals surface area contributed by atoms with Crippen LogP contribution in [0.1, 0.15) is 6.92 Å². The Bertz CT molecular complexity index is 669. The summed E-state index contributed by atoms with van der Waals surface area (Å²) in [6, 6.07) is 0.728. The van der Waals surface area contributed by atoms with Crippen molar-refractivity contribution < 1.29 is 22.1 Å². The minimum absolute atomic E-state index is 0.101. The summed E-state index contributed by atoms with van der Waals surface area (Å²) in [5.41, 5.74) is -1.17. The first kappa shape index (κ1) is 14.9. The minimum atomic E-state index is -4.49. The number of rotatable bonds is 4. The molecular weight excluding hydrogens is 284 g/mol. The van der Waals surface area contributed by atoms with Crippen LogP contribution in [0.5, 0.6) is 0 Å². The third-order valence-electron chi connectivity index (χ3n) is 2.01. The van der Waals surface area contributed by atoms with Crippen molar-refractivity contribution in [2.45, 2.75) is 17.9 Å². The largest absolute Gasteiger partial charge is 0.306 e. The van der Waals surface area contributed by atoms with Gasteiger partial charge in [-0.1, -0.05) is 0 Å². The summed E-state index contributed by atoms with van der Waals surface area (Å²) in [6.45, 7) is 1.19. The average Bonchev–Trinajstić information content (AvgIpc) is 2.27. The molecule has 0 spiro atoms. The Hall–Kier alpha value is -2.12. The first-order chi connectivity index (χ1) is 8.69. The average molecular weight is 291 g/mol. The summed E-state index contributed by atoms with van der Waals surface area (Å²) in [7, 11) is -4.49. The van der Waals surface area contributed by atoms with E-state index in [1.165, 1.54) is 13.0 Å². The molecule has 1 rings (SSSR count). The number of nitro benzene ring substituents is 1. The van der Waals surface area contributed by atoms with Crippen LogP contribution in [0.15, 0.2) is 17.0 Å². The molecule has 7 nitrogen and oxygen atoms in total. The van der Waals surface area contributed by atoms with E-state index in [9.17, 15) is 27.3 Å². The van der Waals surface area contributed by atoms with E-state index >= 15 is 0 Å². The molecule has 0 fully saturated rings. The fraction of sp³-hybridized carbons (Fsp3) is 0.222. The number of nitrogens with one attached hydrogen (secondary N) is 1. The fourth-order valence-electron chi connectivity index (χ4n) is 1.19. The van der Waals surface area contributed by atoms with Gasteiger partial charge in [-0.25, -0.2) is 12.8 Å². The Balaban J connectivity index is 3.39. The molecule has 0 aliphatic heterocycles. The SMILES string of the molecule is CC(C#N)NS(=O)(=O)c1cc([N+](=O)[O-])c(F)cc1F. The van der Waals surface area contributed by atoms with Crippen LogP contribution in [0, 0.1) is 33.1 Å². The molecule has 1 aromatic carbocycles. The van der Waals surface area contributed by atoms with Gasteiger partial charge in [0, 0.05) is 12.1 Å². The minimum Gasteiger partial charge on any atom is -0.258 e. The van der Waals surface area contributed by atoms with E-state index in [0.29, 0.717) is 0 Å². The van der Waals surface area contributed by atoms with Gasteiger partial charge in [0.25, 0.3) is 0 Å². The number of sulfonamides is 1. The quantitative estimate of drug-likeness (QED) is 0.658. The summed E-state index contributed by atoms with van der Waals surface area (Å²) < 4.78 is 51.5. The third kappa shape index (κ3) is 3.21. The van der Waals surface area contributed by atoms with Gasteiger partial charge in [-0.2, -0.15) is 14.4 Å². The van der Waals surface area contributed by atoms with Crippen molar-refractivity contribution in [1.82, 2.24) is 4.72 Å². The fourth-order valence-corrected chi connectivity index (χ4v) is 2.41. The Morgan fingerprint density at radius 2 is 2.00 bits per heavy atom. The molecule has 0 aromatic heterocycles. The maximum Gasteiger partial charge on any atom is 0.306 e. The lowest BCUT2D eigenvalue weighted by atomic mass is 10.3. The second kappa shape index (κ2) is 5.25. The van der Waals surface area contributed by atoms with E-state index in [2.05, 4.69) is 0 Å². The Labute approximate surface area is 106 Å². The predicted molar refractivity (Wildman–Crippen MR) is 58.4 cm³/mol. The molecule has 0 aliphatic carbocycles. The first-order valence-corrected chi connectivity index (χ1v) is 6.22. The second-order valence-corrected chi connectivity index (χ2v) is 5.15. The summed E-state index contributed by atoms with van der Waals surface area (Å²) in [5, 5.41) is 18.9. The molecule has 0 amide bonds. The zero-order valence-electron chi connectivity index (χ0n) is 9.42. The highest BCUT2D eigenvalue weighted by Gasteiger charge is 2.27. The molecule has 0 aliphatic rings. The van der Waals surface area contributed by atoms with Crippen LogP contribution in [-0.4, -0.2) is 19.4 Å². The molecule has 10 heteroatoms. The van der Waals surface area contributed by atoms with Gasteiger partial charge in [-0.15, -0.1) is 0 Å². The Morgan fingerprint density at radius 3 is 2.47 bits per heavy atom. The van der Waals surface area contributed by atoms with Crippen LogP contribution in [0.3, 0.4) is 0 Å². The molecule has 19 heavy (non-hydrogen) atoms. The lowest BCUT2D eigenvalue weighted by Gasteiger charge is -2.08. The van der Waals surface area contributed by atoms with Gasteiger partial charge in [0.15, 0.2) is 0 Å². The number of hydrogen-bond donors (Lipinski definition) is 1. The first-order valence-electron chi connectivity index (χ1n) is 4.74. The van der Waals surface area contributed by atoms with Crippen molar-refractivity contribution in [3.05, 3.63) is 33.9 Å². The van der Waals surface area contributed by atoms with Gasteiger partial charge in [-0.05, 0) is 6.92 Å². The van der Waals surface area contributed by atoms with Gasteiger partial charge in [-0.3, -0.25) is 10.1 Å². The molecule has 0 heterocycles. The van der Waals surface area contributed by atoms with Crippen molar-refractivity contribution >= 4 is 15.7 Å². The van der Waals surface area contributed by atoms with Crippen LogP contribution < -0.4 is 4.72 Å². The molecular formula is C9H7F2N3O4S. The number of halogens is 2. The molecule has 0 bridgehead atoms. The third-order valence-corrected chi connectivity index (χ3v) is 3.57. The van der Waals surface area contributed by atoms with E-state index in [4.69, 9.17) is 5.26 Å². The van der Waals surface area contributed by atoms with Crippen LogP contribution in [0.25, 0.3) is 0 Å². The normalized spacial score (nSPS) is 12.7. The number of hydrogen-bond acceptors (Lipinski definition) is 5. The van der Waals surface area contributed by atoms with Crippen LogP contribution in [-0.2, 0) is 10.0 Å². The molecule has 0 saturated heterocycles. The Kier molecular flexibility index (Phi) is 4.13. The standard InChI is InChI=1S/C9H7F2N3O4S/c1-5(4-12)13-19(17,18)9-3-8(14(15)16)6(10)2-7(9)11/h2-3,5,13H,1H3. The highest BCUT2D eigenvalue weighted by atomic mass is 32.2. The molecule has 0 radical (unpaired) electrons. The van der Waals surface area contributed by atoms with Crippen LogP contribution >= 0.6 is 0 Å². The maximum absolute atomic E-state index is 13.4. The molecule has 1 atom stereocenters. The highest BCUT2D eigenvalue weighted by molar-refractivity contribution is 7.89. The zero-order valence-corrected chi connectivity index (χ0v) is 10.2. The zero-order chi connectivity index (χ0) is 14.8. The highest BCUT2D eigenvalue weighted by Crippen LogP contribution is 2.24. The van der Waals surface area contributed by atoms with E-state index in [1.54, 1.807) is 4.72 Å². The molecule has 1 aromatic rings. The number of nitrogens with zero attached hydrogens (tertiary/aromatic N) is 2. The van der Waals surface area contributed by atoms with E-state index < -0.39 is 43.2 Å². The van der Waals surface area contributed by atoms with Crippen molar-refractivity contribution in [1.29, 1.82) is 5.26 Å². The van der Waals surface area contributed by atoms with Gasteiger partial charge >= 0.3 is 5.69 Å². The summed E-state index contributed by atoms with van der Waals surface area (Å²) in [6.07, 6.45) is 0. The van der Waals surface area contributed by atoms with Crippen molar-refractivity contribution in [3.63, 3.8) is 0 Å².